The molecule has 3 unspecified atom stereocenters. The summed E-state index contributed by atoms with van der Waals surface area (Å²) in [5.74, 6) is 1.36. The van der Waals surface area contributed by atoms with Gasteiger partial charge in [0.25, 0.3) is 0 Å². The van der Waals surface area contributed by atoms with Gasteiger partial charge in [0.15, 0.2) is 0 Å². The van der Waals surface area contributed by atoms with E-state index >= 15 is 0 Å². The highest BCUT2D eigenvalue weighted by atomic mass is 35.5. The molecule has 0 heterocycles. The molecule has 0 saturated heterocycles. The van der Waals surface area contributed by atoms with Crippen molar-refractivity contribution in [2.45, 2.75) is 36.6 Å². The van der Waals surface area contributed by atoms with Gasteiger partial charge in [-0.15, -0.1) is 23.2 Å². The van der Waals surface area contributed by atoms with Crippen molar-refractivity contribution in [2.75, 3.05) is 0 Å². The van der Waals surface area contributed by atoms with Crippen molar-refractivity contribution < 1.29 is 9.53 Å². The molecule has 1 aromatic rings. The number of carbonyl (C=O) groups excluding carboxylic acids is 1. The molecule has 19 heavy (non-hydrogen) atoms. The Kier molecular flexibility index (Phi) is 3.26. The molecule has 3 rings (SSSR count). The largest absolute Gasteiger partial charge is 0.490 e. The molecule has 2 saturated carbocycles. The van der Waals surface area contributed by atoms with E-state index in [0.29, 0.717) is 11.5 Å². The van der Waals surface area contributed by atoms with Crippen LogP contribution in [0.15, 0.2) is 18.2 Å². The van der Waals surface area contributed by atoms with Crippen LogP contribution in [0.25, 0.3) is 0 Å². The van der Waals surface area contributed by atoms with Crippen LogP contribution < -0.4 is 4.74 Å². The normalized spacial score (nSPS) is 31.4. The minimum atomic E-state index is -0.623. The van der Waals surface area contributed by atoms with Gasteiger partial charge in [0.2, 0.25) is 0 Å². The molecule has 0 aliphatic heterocycles. The van der Waals surface area contributed by atoms with Crippen LogP contribution in [0.3, 0.4) is 0 Å². The molecule has 102 valence electrons. The van der Waals surface area contributed by atoms with E-state index in [0.717, 1.165) is 36.9 Å². The Bertz CT molecular complexity index is 513. The number of hydrogen-bond donors (Lipinski definition) is 0. The molecule has 2 fully saturated rings. The first-order chi connectivity index (χ1) is 9.02. The van der Waals surface area contributed by atoms with E-state index in [9.17, 15) is 4.79 Å². The van der Waals surface area contributed by atoms with Crippen molar-refractivity contribution in [3.8, 4) is 5.75 Å². The maximum absolute atomic E-state index is 10.8. The van der Waals surface area contributed by atoms with Crippen LogP contribution in [-0.2, 0) is 0 Å². The lowest BCUT2D eigenvalue weighted by atomic mass is 9.97. The number of carbonyl (C=O) groups is 1. The minimum absolute atomic E-state index is 0.0928. The molecule has 1 aromatic carbocycles. The van der Waals surface area contributed by atoms with Gasteiger partial charge in [0.05, 0.1) is 0 Å². The fraction of sp³-hybridized carbons (Fsp3) is 0.533. The van der Waals surface area contributed by atoms with Crippen molar-refractivity contribution in [1.82, 2.24) is 0 Å². The summed E-state index contributed by atoms with van der Waals surface area (Å²) in [5.41, 5.74) is 1.63. The van der Waals surface area contributed by atoms with Gasteiger partial charge in [-0.25, -0.2) is 0 Å². The van der Waals surface area contributed by atoms with Crippen LogP contribution in [0.5, 0.6) is 5.75 Å². The molecule has 0 amide bonds. The summed E-state index contributed by atoms with van der Waals surface area (Å²) in [7, 11) is 0. The fourth-order valence-electron chi connectivity index (χ4n) is 3.38. The topological polar surface area (TPSA) is 26.3 Å². The van der Waals surface area contributed by atoms with Crippen molar-refractivity contribution in [2.24, 2.45) is 11.8 Å². The summed E-state index contributed by atoms with van der Waals surface area (Å²) < 4.78 is 5.42. The van der Waals surface area contributed by atoms with E-state index in [2.05, 4.69) is 0 Å². The lowest BCUT2D eigenvalue weighted by molar-refractivity contribution is 0.112. The number of alkyl halides is 2. The summed E-state index contributed by atoms with van der Waals surface area (Å²) in [5, 5.41) is 0. The zero-order valence-electron chi connectivity index (χ0n) is 10.7. The number of ether oxygens (including phenoxy) is 1. The van der Waals surface area contributed by atoms with E-state index in [-0.39, 0.29) is 12.0 Å². The number of aldehydes is 1. The Balaban J connectivity index is 1.77. The Morgan fingerprint density at radius 1 is 1.37 bits per heavy atom. The van der Waals surface area contributed by atoms with Gasteiger partial charge in [-0.1, -0.05) is 0 Å². The number of benzene rings is 1. The Morgan fingerprint density at radius 3 is 2.68 bits per heavy atom. The highest BCUT2D eigenvalue weighted by molar-refractivity contribution is 6.49. The number of fused-ring (bicyclic) bond motifs is 2. The van der Waals surface area contributed by atoms with E-state index in [1.54, 1.807) is 6.07 Å². The SMILES string of the molecule is Cc1cc(OC2CC3CCC2C3(Cl)Cl)ccc1C=O. The Morgan fingerprint density at radius 2 is 2.16 bits per heavy atom. The van der Waals surface area contributed by atoms with Crippen LogP contribution >= 0.6 is 23.2 Å². The third-order valence-corrected chi connectivity index (χ3v) is 5.66. The van der Waals surface area contributed by atoms with Crippen molar-refractivity contribution in [3.63, 3.8) is 0 Å². The van der Waals surface area contributed by atoms with Gasteiger partial charge in [-0.2, -0.15) is 0 Å². The molecular weight excluding hydrogens is 283 g/mol. The number of rotatable bonds is 3. The van der Waals surface area contributed by atoms with Crippen molar-refractivity contribution in [3.05, 3.63) is 29.3 Å². The second-order valence-corrected chi connectivity index (χ2v) is 7.03. The van der Waals surface area contributed by atoms with Gasteiger partial charge >= 0.3 is 0 Å². The highest BCUT2D eigenvalue weighted by Gasteiger charge is 2.58. The van der Waals surface area contributed by atoms with E-state index in [1.807, 2.05) is 19.1 Å². The molecule has 2 aliphatic rings. The van der Waals surface area contributed by atoms with Crippen molar-refractivity contribution in [1.29, 1.82) is 0 Å². The van der Waals surface area contributed by atoms with Gasteiger partial charge in [-0.3, -0.25) is 4.79 Å². The molecule has 3 atom stereocenters. The predicted molar refractivity (Wildman–Crippen MR) is 76.3 cm³/mol. The average molecular weight is 299 g/mol. The molecule has 4 heteroatoms. The monoisotopic (exact) mass is 298 g/mol. The minimum Gasteiger partial charge on any atom is -0.490 e. The van der Waals surface area contributed by atoms with Gasteiger partial charge < -0.3 is 4.74 Å². The zero-order valence-corrected chi connectivity index (χ0v) is 12.2. The second-order valence-electron chi connectivity index (χ2n) is 5.58. The lowest BCUT2D eigenvalue weighted by Gasteiger charge is -2.24. The number of hydrogen-bond acceptors (Lipinski definition) is 2. The summed E-state index contributed by atoms with van der Waals surface area (Å²) in [6, 6.07) is 5.53. The molecule has 2 bridgehead atoms. The summed E-state index contributed by atoms with van der Waals surface area (Å²) in [6.45, 7) is 1.91. The first kappa shape index (κ1) is 13.3. The van der Waals surface area contributed by atoms with Crippen LogP contribution in [0, 0.1) is 18.8 Å². The van der Waals surface area contributed by atoms with Crippen LogP contribution in [0.4, 0.5) is 0 Å². The van der Waals surface area contributed by atoms with Gasteiger partial charge in [-0.05, 0) is 55.9 Å². The quantitative estimate of drug-likeness (QED) is 0.619. The van der Waals surface area contributed by atoms with Gasteiger partial charge in [0.1, 0.15) is 22.5 Å². The molecular formula is C15H16Cl2O2. The third kappa shape index (κ3) is 2.15. The first-order valence-corrected chi connectivity index (χ1v) is 7.38. The predicted octanol–water partition coefficient (Wildman–Crippen LogP) is 4.16. The molecule has 2 nitrogen and oxygen atoms in total. The lowest BCUT2D eigenvalue weighted by Crippen LogP contribution is -2.28. The maximum atomic E-state index is 10.8. The van der Waals surface area contributed by atoms with E-state index < -0.39 is 4.33 Å². The average Bonchev–Trinajstić information content (AvgIpc) is 2.78. The van der Waals surface area contributed by atoms with Crippen LogP contribution in [-0.4, -0.2) is 16.7 Å². The first-order valence-electron chi connectivity index (χ1n) is 6.62. The number of aryl methyl sites for hydroxylation is 1. The maximum Gasteiger partial charge on any atom is 0.150 e. The number of halogens is 2. The fourth-order valence-corrected chi connectivity index (χ4v) is 4.28. The van der Waals surface area contributed by atoms with E-state index in [4.69, 9.17) is 27.9 Å². The Labute approximate surface area is 123 Å². The van der Waals surface area contributed by atoms with Crippen LogP contribution in [0.1, 0.15) is 35.2 Å². The molecule has 2 aliphatic carbocycles. The van der Waals surface area contributed by atoms with E-state index in [1.165, 1.54) is 0 Å². The molecule has 0 N–H and O–H groups in total. The molecule has 0 radical (unpaired) electrons. The van der Waals surface area contributed by atoms with Crippen LogP contribution in [0.2, 0.25) is 0 Å². The Hall–Kier alpha value is -0.730. The molecule has 0 spiro atoms. The smallest absolute Gasteiger partial charge is 0.150 e. The summed E-state index contributed by atoms with van der Waals surface area (Å²) >= 11 is 12.8. The summed E-state index contributed by atoms with van der Waals surface area (Å²) in [4.78, 5) is 10.8. The zero-order chi connectivity index (χ0) is 13.6. The standard InChI is InChI=1S/C15H16Cl2O2/c1-9-6-12(4-2-10(9)8-18)19-14-7-11-3-5-13(14)15(11,16)17/h2,4,6,8,11,13-14H,3,5,7H2,1H3. The summed E-state index contributed by atoms with van der Waals surface area (Å²) in [6.07, 6.45) is 4.01. The van der Waals surface area contributed by atoms with Gasteiger partial charge in [0, 0.05) is 11.5 Å². The van der Waals surface area contributed by atoms with Crippen molar-refractivity contribution >= 4 is 29.5 Å². The third-order valence-electron chi connectivity index (χ3n) is 4.49. The molecule has 0 aromatic heterocycles. The highest BCUT2D eigenvalue weighted by Crippen LogP contribution is 2.59. The second kappa shape index (κ2) is 4.68.